The molecule has 1 fully saturated rings. The maximum absolute atomic E-state index is 13.7. The number of nitrogens with two attached hydrogens (primary N) is 1. The van der Waals surface area contributed by atoms with E-state index in [0.717, 1.165) is 37.7 Å². The fourth-order valence-electron chi connectivity index (χ4n) is 4.52. The number of carbonyl (C=O) groups is 1. The maximum Gasteiger partial charge on any atom is 0.419 e. The van der Waals surface area contributed by atoms with E-state index in [1.165, 1.54) is 0 Å². The van der Waals surface area contributed by atoms with E-state index in [4.69, 9.17) is 12.2 Å². The predicted molar refractivity (Wildman–Crippen MR) is 133 cm³/mol. The second kappa shape index (κ2) is 11.4. The molecule has 1 saturated heterocycles. The smallest absolute Gasteiger partial charge is 0.369 e. The van der Waals surface area contributed by atoms with Crippen LogP contribution in [-0.2, 0) is 30.2 Å². The number of piperidine rings is 1. The highest BCUT2D eigenvalue weighted by molar-refractivity contribution is 5.77. The number of carbonyl (C=O) groups excluding carboxylic acids is 1. The molecule has 3 N–H and O–H groups in total. The molecule has 1 aliphatic heterocycles. The van der Waals surface area contributed by atoms with Crippen molar-refractivity contribution in [3.8, 4) is 12.3 Å². The monoisotopic (exact) mass is 511 g/mol. The standard InChI is InChI=1S/C26H28F3N7O/c1-2-11-35-12-9-21(10-13-35)36-17-20(15-32-36)33-25-31-16-22(26(27,28)29)23(34-25)8-7-18-5-3-4-6-19(18)14-24(30)37/h1,3-6,15-17,21H,7-14H2,(H2,30,37)(H,31,33,34). The quantitative estimate of drug-likeness (QED) is 0.427. The first kappa shape index (κ1) is 26.2. The molecule has 0 unspecified atom stereocenters. The number of aromatic nitrogens is 4. The summed E-state index contributed by atoms with van der Waals surface area (Å²) >= 11 is 0. The van der Waals surface area contributed by atoms with Crippen LogP contribution in [0.2, 0.25) is 0 Å². The van der Waals surface area contributed by atoms with E-state index in [2.05, 4.69) is 31.2 Å². The number of hydrogen-bond donors (Lipinski definition) is 2. The van der Waals surface area contributed by atoms with Gasteiger partial charge in [0.05, 0.1) is 42.1 Å². The van der Waals surface area contributed by atoms with Crippen LogP contribution in [0.5, 0.6) is 0 Å². The van der Waals surface area contributed by atoms with E-state index in [0.29, 0.717) is 17.8 Å². The van der Waals surface area contributed by atoms with Gasteiger partial charge in [-0.15, -0.1) is 6.42 Å². The third kappa shape index (κ3) is 6.86. The summed E-state index contributed by atoms with van der Waals surface area (Å²) in [4.78, 5) is 21.7. The molecule has 2 aromatic heterocycles. The number of benzene rings is 1. The van der Waals surface area contributed by atoms with Crippen LogP contribution in [0.1, 0.15) is 41.3 Å². The molecule has 1 aromatic carbocycles. The van der Waals surface area contributed by atoms with Gasteiger partial charge in [0.1, 0.15) is 0 Å². The number of terminal acetylenes is 1. The van der Waals surface area contributed by atoms with Crippen LogP contribution in [-0.4, -0.2) is 50.2 Å². The topological polar surface area (TPSA) is 102 Å². The van der Waals surface area contributed by atoms with Crippen molar-refractivity contribution in [3.63, 3.8) is 0 Å². The second-order valence-electron chi connectivity index (χ2n) is 9.01. The first-order chi connectivity index (χ1) is 17.7. The van der Waals surface area contributed by atoms with Gasteiger partial charge in [-0.25, -0.2) is 9.97 Å². The largest absolute Gasteiger partial charge is 0.419 e. The highest BCUT2D eigenvalue weighted by atomic mass is 19.4. The Morgan fingerprint density at radius 3 is 2.57 bits per heavy atom. The molecule has 0 spiro atoms. The van der Waals surface area contributed by atoms with Gasteiger partial charge in [-0.2, -0.15) is 18.3 Å². The summed E-state index contributed by atoms with van der Waals surface area (Å²) in [5.41, 5.74) is 6.31. The van der Waals surface area contributed by atoms with E-state index in [1.807, 2.05) is 10.9 Å². The number of aryl methyl sites for hydroxylation is 2. The second-order valence-corrected chi connectivity index (χ2v) is 9.01. The van der Waals surface area contributed by atoms with Crippen molar-refractivity contribution >= 4 is 17.5 Å². The molecule has 1 amide bonds. The van der Waals surface area contributed by atoms with Crippen molar-refractivity contribution in [1.82, 2.24) is 24.6 Å². The summed E-state index contributed by atoms with van der Waals surface area (Å²) in [6.45, 7) is 2.39. The van der Waals surface area contributed by atoms with Crippen LogP contribution in [0, 0.1) is 12.3 Å². The zero-order valence-corrected chi connectivity index (χ0v) is 20.2. The molecule has 0 aliphatic carbocycles. The third-order valence-corrected chi connectivity index (χ3v) is 6.39. The molecular weight excluding hydrogens is 483 g/mol. The van der Waals surface area contributed by atoms with Gasteiger partial charge in [0, 0.05) is 25.5 Å². The number of likely N-dealkylation sites (tertiary alicyclic amines) is 1. The number of hydrogen-bond acceptors (Lipinski definition) is 6. The van der Waals surface area contributed by atoms with Crippen molar-refractivity contribution < 1.29 is 18.0 Å². The van der Waals surface area contributed by atoms with Gasteiger partial charge in [-0.3, -0.25) is 14.4 Å². The molecule has 3 heterocycles. The van der Waals surface area contributed by atoms with Crippen molar-refractivity contribution in [1.29, 1.82) is 0 Å². The Morgan fingerprint density at radius 1 is 1.16 bits per heavy atom. The summed E-state index contributed by atoms with van der Waals surface area (Å²) in [6, 6.07) is 7.27. The summed E-state index contributed by atoms with van der Waals surface area (Å²) in [6.07, 6.45) is 7.10. The number of primary amides is 1. The molecule has 3 aromatic rings. The minimum absolute atomic E-state index is 0.0112. The van der Waals surface area contributed by atoms with Crippen molar-refractivity contribution in [2.24, 2.45) is 5.73 Å². The number of alkyl halides is 3. The average Bonchev–Trinajstić information content (AvgIpc) is 3.31. The van der Waals surface area contributed by atoms with E-state index < -0.39 is 17.6 Å². The summed E-state index contributed by atoms with van der Waals surface area (Å²) in [7, 11) is 0. The summed E-state index contributed by atoms with van der Waals surface area (Å²) in [5, 5.41) is 7.39. The molecule has 0 atom stereocenters. The lowest BCUT2D eigenvalue weighted by Crippen LogP contribution is -2.34. The van der Waals surface area contributed by atoms with Crippen LogP contribution >= 0.6 is 0 Å². The van der Waals surface area contributed by atoms with Gasteiger partial charge in [0.15, 0.2) is 0 Å². The Labute approximate surface area is 213 Å². The van der Waals surface area contributed by atoms with Crippen LogP contribution in [0.25, 0.3) is 0 Å². The molecule has 4 rings (SSSR count). The Hall–Kier alpha value is -3.91. The lowest BCUT2D eigenvalue weighted by Gasteiger charge is -2.30. The number of rotatable bonds is 9. The molecular formula is C26H28F3N7O. The normalized spacial score (nSPS) is 14.9. The van der Waals surface area contributed by atoms with Crippen LogP contribution < -0.4 is 11.1 Å². The zero-order chi connectivity index (χ0) is 26.4. The van der Waals surface area contributed by atoms with Crippen molar-refractivity contribution in [2.45, 2.75) is 44.3 Å². The Morgan fingerprint density at radius 2 is 1.89 bits per heavy atom. The van der Waals surface area contributed by atoms with E-state index in [9.17, 15) is 18.0 Å². The molecule has 8 nitrogen and oxygen atoms in total. The van der Waals surface area contributed by atoms with E-state index in [-0.39, 0.29) is 36.9 Å². The van der Waals surface area contributed by atoms with Gasteiger partial charge >= 0.3 is 6.18 Å². The van der Waals surface area contributed by atoms with Gasteiger partial charge < -0.3 is 11.1 Å². The summed E-state index contributed by atoms with van der Waals surface area (Å²) < 4.78 is 42.9. The third-order valence-electron chi connectivity index (χ3n) is 6.39. The molecule has 37 heavy (non-hydrogen) atoms. The number of nitrogens with one attached hydrogen (secondary N) is 1. The lowest BCUT2D eigenvalue weighted by molar-refractivity contribution is -0.138. The van der Waals surface area contributed by atoms with Crippen LogP contribution in [0.4, 0.5) is 24.8 Å². The first-order valence-corrected chi connectivity index (χ1v) is 12.0. The maximum atomic E-state index is 13.7. The number of halogens is 3. The van der Waals surface area contributed by atoms with Gasteiger partial charge in [-0.05, 0) is 36.8 Å². The van der Waals surface area contributed by atoms with Gasteiger partial charge in [-0.1, -0.05) is 30.2 Å². The Balaban J connectivity index is 1.48. The van der Waals surface area contributed by atoms with Crippen LogP contribution in [0.3, 0.4) is 0 Å². The zero-order valence-electron chi connectivity index (χ0n) is 20.2. The van der Waals surface area contributed by atoms with Gasteiger partial charge in [0.2, 0.25) is 11.9 Å². The van der Waals surface area contributed by atoms with Crippen LogP contribution in [0.15, 0.2) is 42.9 Å². The first-order valence-electron chi connectivity index (χ1n) is 12.0. The summed E-state index contributed by atoms with van der Waals surface area (Å²) in [5.74, 6) is 2.21. The van der Waals surface area contributed by atoms with Crippen molar-refractivity contribution in [2.75, 3.05) is 25.0 Å². The molecule has 1 aliphatic rings. The average molecular weight is 512 g/mol. The number of amides is 1. The van der Waals surface area contributed by atoms with E-state index >= 15 is 0 Å². The van der Waals surface area contributed by atoms with Gasteiger partial charge in [0.25, 0.3) is 0 Å². The number of anilines is 2. The minimum atomic E-state index is -4.60. The highest BCUT2D eigenvalue weighted by Crippen LogP contribution is 2.32. The fourth-order valence-corrected chi connectivity index (χ4v) is 4.52. The lowest BCUT2D eigenvalue weighted by atomic mass is 9.98. The predicted octanol–water partition coefficient (Wildman–Crippen LogP) is 3.52. The Kier molecular flexibility index (Phi) is 8.08. The molecule has 0 bridgehead atoms. The Bertz CT molecular complexity index is 1270. The molecule has 11 heteroatoms. The molecule has 0 radical (unpaired) electrons. The fraction of sp³-hybridized carbons (Fsp3) is 0.385. The highest BCUT2D eigenvalue weighted by Gasteiger charge is 2.35. The molecule has 194 valence electrons. The number of nitrogens with zero attached hydrogens (tertiary/aromatic N) is 5. The molecule has 0 saturated carbocycles. The van der Waals surface area contributed by atoms with E-state index in [1.54, 1.807) is 30.5 Å². The minimum Gasteiger partial charge on any atom is -0.369 e. The van der Waals surface area contributed by atoms with Crippen molar-refractivity contribution in [3.05, 3.63) is 65.2 Å². The SMILES string of the molecule is C#CCN1CCC(n2cc(Nc3ncc(C(F)(F)F)c(CCc4ccccc4CC(N)=O)n3)cn2)CC1.